The highest BCUT2D eigenvalue weighted by Crippen LogP contribution is 2.34. The van der Waals surface area contributed by atoms with Gasteiger partial charge in [-0.15, -0.1) is 0 Å². The van der Waals surface area contributed by atoms with Crippen LogP contribution in [0.2, 0.25) is 0 Å². The highest BCUT2D eigenvalue weighted by Gasteiger charge is 2.42. The molecule has 1 aliphatic rings. The minimum Gasteiger partial charge on any atom is -0.391 e. The molecule has 0 radical (unpaired) electrons. The lowest BCUT2D eigenvalue weighted by Crippen LogP contribution is -2.51. The van der Waals surface area contributed by atoms with Crippen molar-refractivity contribution >= 4 is 5.82 Å². The van der Waals surface area contributed by atoms with Crippen LogP contribution in [0.5, 0.6) is 0 Å². The van der Waals surface area contributed by atoms with E-state index >= 15 is 0 Å². The molecule has 118 valence electrons. The molecule has 0 unspecified atom stereocenters. The number of aryl methyl sites for hydroxylation is 1. The Balaban J connectivity index is 1.53. The molecule has 0 amide bonds. The van der Waals surface area contributed by atoms with E-state index in [9.17, 15) is 5.11 Å². The van der Waals surface area contributed by atoms with Crippen molar-refractivity contribution in [3.8, 4) is 5.82 Å². The minimum atomic E-state index is -0.408. The maximum Gasteiger partial charge on any atom is 0.173 e. The molecule has 2 N–H and O–H groups in total. The number of aromatic nitrogens is 6. The molecule has 0 bridgehead atoms. The number of hydrogen-bond acceptors (Lipinski definition) is 6. The van der Waals surface area contributed by atoms with Crippen LogP contribution in [-0.2, 0) is 0 Å². The molecule has 3 aromatic rings. The molecule has 1 fully saturated rings. The molecule has 0 aliphatic heterocycles. The summed E-state index contributed by atoms with van der Waals surface area (Å²) in [4.78, 5) is 8.71. The molecule has 3 heterocycles. The van der Waals surface area contributed by atoms with Gasteiger partial charge in [0, 0.05) is 18.6 Å². The Morgan fingerprint density at radius 2 is 2.17 bits per heavy atom. The van der Waals surface area contributed by atoms with Gasteiger partial charge in [0.25, 0.3) is 0 Å². The highest BCUT2D eigenvalue weighted by molar-refractivity contribution is 5.38. The summed E-state index contributed by atoms with van der Waals surface area (Å²) in [6, 6.07) is 1.80. The molecule has 1 aliphatic carbocycles. The molecular formula is C15H17N7O. The Hall–Kier alpha value is -2.74. The molecule has 3 aromatic heterocycles. The van der Waals surface area contributed by atoms with Crippen LogP contribution in [0, 0.1) is 6.92 Å². The van der Waals surface area contributed by atoms with E-state index in [0.717, 1.165) is 5.56 Å². The van der Waals surface area contributed by atoms with Gasteiger partial charge in [-0.1, -0.05) is 0 Å². The van der Waals surface area contributed by atoms with E-state index in [4.69, 9.17) is 0 Å². The number of aliphatic hydroxyl groups excluding tert-OH is 1. The second kappa shape index (κ2) is 5.47. The van der Waals surface area contributed by atoms with E-state index in [-0.39, 0.29) is 12.1 Å². The molecule has 8 nitrogen and oxygen atoms in total. The maximum absolute atomic E-state index is 10.1. The highest BCUT2D eigenvalue weighted by atomic mass is 16.3. The summed E-state index contributed by atoms with van der Waals surface area (Å²) in [6.07, 6.45) is 10.8. The molecule has 3 atom stereocenters. The first-order valence-electron chi connectivity index (χ1n) is 7.48. The van der Waals surface area contributed by atoms with Crippen molar-refractivity contribution in [2.24, 2.45) is 0 Å². The topological polar surface area (TPSA) is 93.7 Å². The van der Waals surface area contributed by atoms with Crippen LogP contribution in [0.3, 0.4) is 0 Å². The molecule has 0 spiro atoms. The molecular weight excluding hydrogens is 294 g/mol. The summed E-state index contributed by atoms with van der Waals surface area (Å²) in [5, 5.41) is 21.9. The van der Waals surface area contributed by atoms with Crippen LogP contribution in [0.4, 0.5) is 5.82 Å². The van der Waals surface area contributed by atoms with Gasteiger partial charge in [-0.2, -0.15) is 10.2 Å². The van der Waals surface area contributed by atoms with E-state index in [1.54, 1.807) is 29.5 Å². The van der Waals surface area contributed by atoms with Crippen molar-refractivity contribution in [1.82, 2.24) is 29.5 Å². The first-order valence-corrected chi connectivity index (χ1v) is 7.48. The fourth-order valence-electron chi connectivity index (χ4n) is 2.84. The molecule has 8 heteroatoms. The third-order valence-corrected chi connectivity index (χ3v) is 4.03. The van der Waals surface area contributed by atoms with Crippen molar-refractivity contribution in [2.45, 2.75) is 31.5 Å². The van der Waals surface area contributed by atoms with Crippen LogP contribution in [0.1, 0.15) is 18.0 Å². The van der Waals surface area contributed by atoms with Crippen molar-refractivity contribution in [3.63, 3.8) is 0 Å². The lowest BCUT2D eigenvalue weighted by Gasteiger charge is -2.42. The predicted molar refractivity (Wildman–Crippen MR) is 83.2 cm³/mol. The summed E-state index contributed by atoms with van der Waals surface area (Å²) in [7, 11) is 0. The van der Waals surface area contributed by atoms with Crippen LogP contribution < -0.4 is 5.32 Å². The van der Waals surface area contributed by atoms with Gasteiger partial charge in [-0.25, -0.2) is 9.67 Å². The van der Waals surface area contributed by atoms with E-state index in [1.165, 1.54) is 0 Å². The van der Waals surface area contributed by atoms with Crippen LogP contribution in [0.15, 0.2) is 43.2 Å². The molecule has 0 saturated heterocycles. The second-order valence-electron chi connectivity index (χ2n) is 5.76. The van der Waals surface area contributed by atoms with E-state index < -0.39 is 6.10 Å². The second-order valence-corrected chi connectivity index (χ2v) is 5.76. The zero-order valence-electron chi connectivity index (χ0n) is 12.6. The fourth-order valence-corrected chi connectivity index (χ4v) is 2.84. The van der Waals surface area contributed by atoms with Crippen molar-refractivity contribution in [3.05, 3.63) is 48.8 Å². The van der Waals surface area contributed by atoms with Gasteiger partial charge in [0.05, 0.1) is 36.8 Å². The maximum atomic E-state index is 10.1. The zero-order chi connectivity index (χ0) is 15.8. The monoisotopic (exact) mass is 311 g/mol. The summed E-state index contributed by atoms with van der Waals surface area (Å²) in [6.45, 7) is 1.98. The standard InChI is InChI=1S/C15H17N7O/c1-10-6-18-22(9-10)15-11(5-12(15)23)19-13-7-16-8-14(20-13)21-4-2-3-17-21/h2-4,6-9,11-12,15,23H,5H2,1H3,(H,19,20)/t11-,12+,15+/m0/s1. The van der Waals surface area contributed by atoms with Gasteiger partial charge in [0.2, 0.25) is 0 Å². The van der Waals surface area contributed by atoms with Gasteiger partial charge in [0.1, 0.15) is 5.82 Å². The largest absolute Gasteiger partial charge is 0.391 e. The number of rotatable bonds is 4. The lowest BCUT2D eigenvalue weighted by molar-refractivity contribution is 0.0133. The fraction of sp³-hybridized carbons (Fsp3) is 0.333. The summed E-state index contributed by atoms with van der Waals surface area (Å²) in [5.41, 5.74) is 1.07. The van der Waals surface area contributed by atoms with Gasteiger partial charge >= 0.3 is 0 Å². The predicted octanol–water partition coefficient (Wildman–Crippen LogP) is 0.954. The Bertz CT molecular complexity index is 798. The van der Waals surface area contributed by atoms with Gasteiger partial charge in [-0.05, 0) is 25.0 Å². The number of hydrogen-bond donors (Lipinski definition) is 2. The summed E-state index contributed by atoms with van der Waals surface area (Å²) >= 11 is 0. The quantitative estimate of drug-likeness (QED) is 0.745. The lowest BCUT2D eigenvalue weighted by atomic mass is 9.83. The Morgan fingerprint density at radius 1 is 1.26 bits per heavy atom. The number of aliphatic hydroxyl groups is 1. The normalized spacial score (nSPS) is 23.5. The average Bonchev–Trinajstić information content (AvgIpc) is 3.19. The van der Waals surface area contributed by atoms with E-state index in [2.05, 4.69) is 25.5 Å². The third kappa shape index (κ3) is 2.57. The SMILES string of the molecule is Cc1cnn([C@H]2[C@H](O)C[C@@H]2Nc2cncc(-n3cccn3)n2)c1. The summed E-state index contributed by atoms with van der Waals surface area (Å²) in [5.74, 6) is 1.30. The Labute approximate surface area is 132 Å². The van der Waals surface area contributed by atoms with Gasteiger partial charge < -0.3 is 10.4 Å². The van der Waals surface area contributed by atoms with Crippen molar-refractivity contribution < 1.29 is 5.11 Å². The van der Waals surface area contributed by atoms with E-state index in [0.29, 0.717) is 18.1 Å². The Morgan fingerprint density at radius 3 is 2.87 bits per heavy atom. The van der Waals surface area contributed by atoms with Crippen LogP contribution >= 0.6 is 0 Å². The number of nitrogens with one attached hydrogen (secondary N) is 1. The molecule has 0 aromatic carbocycles. The smallest absolute Gasteiger partial charge is 0.173 e. The third-order valence-electron chi connectivity index (χ3n) is 4.03. The first-order chi connectivity index (χ1) is 11.2. The zero-order valence-corrected chi connectivity index (χ0v) is 12.6. The summed E-state index contributed by atoms with van der Waals surface area (Å²) < 4.78 is 3.47. The Kier molecular flexibility index (Phi) is 3.30. The van der Waals surface area contributed by atoms with E-state index in [1.807, 2.05) is 30.1 Å². The number of nitrogens with zero attached hydrogens (tertiary/aromatic N) is 6. The molecule has 4 rings (SSSR count). The average molecular weight is 311 g/mol. The van der Waals surface area contributed by atoms with Crippen molar-refractivity contribution in [1.29, 1.82) is 0 Å². The minimum absolute atomic E-state index is 0.0615. The number of anilines is 1. The van der Waals surface area contributed by atoms with Crippen LogP contribution in [0.25, 0.3) is 5.82 Å². The first kappa shape index (κ1) is 13.9. The van der Waals surface area contributed by atoms with Crippen LogP contribution in [-0.4, -0.2) is 46.8 Å². The molecule has 1 saturated carbocycles. The van der Waals surface area contributed by atoms with Crippen molar-refractivity contribution in [2.75, 3.05) is 5.32 Å². The molecule has 23 heavy (non-hydrogen) atoms. The van der Waals surface area contributed by atoms with Gasteiger partial charge in [-0.3, -0.25) is 9.67 Å². The van der Waals surface area contributed by atoms with Gasteiger partial charge in [0.15, 0.2) is 5.82 Å².